The molecule has 1 fully saturated rings. The summed E-state index contributed by atoms with van der Waals surface area (Å²) < 4.78 is 0. The highest BCUT2D eigenvalue weighted by molar-refractivity contribution is 4.83. The Morgan fingerprint density at radius 3 is 2.36 bits per heavy atom. The second kappa shape index (κ2) is 4.68. The van der Waals surface area contributed by atoms with Crippen LogP contribution in [0.3, 0.4) is 0 Å². The van der Waals surface area contributed by atoms with Crippen LogP contribution in [-0.2, 0) is 0 Å². The molecular weight excluding hydrogens is 168 g/mol. The monoisotopic (exact) mass is 196 g/mol. The van der Waals surface area contributed by atoms with E-state index in [1.165, 1.54) is 32.1 Å². The van der Waals surface area contributed by atoms with Crippen LogP contribution in [0.4, 0.5) is 0 Å². The zero-order valence-corrected chi connectivity index (χ0v) is 10.8. The molecule has 84 valence electrons. The molecule has 0 aliphatic heterocycles. The Labute approximate surface area is 90.5 Å². The molecule has 0 nitrogen and oxygen atoms in total. The van der Waals surface area contributed by atoms with E-state index in [4.69, 9.17) is 0 Å². The second-order valence-electron chi connectivity index (χ2n) is 6.44. The van der Waals surface area contributed by atoms with Gasteiger partial charge in [0.2, 0.25) is 0 Å². The number of hydrogen-bond acceptors (Lipinski definition) is 0. The lowest BCUT2D eigenvalue weighted by Crippen LogP contribution is -2.16. The summed E-state index contributed by atoms with van der Waals surface area (Å²) in [4.78, 5) is 0. The molecule has 1 rings (SSSR count). The van der Waals surface area contributed by atoms with E-state index in [0.717, 1.165) is 17.8 Å². The van der Waals surface area contributed by atoms with Crippen molar-refractivity contribution < 1.29 is 0 Å². The second-order valence-corrected chi connectivity index (χ2v) is 6.44. The van der Waals surface area contributed by atoms with Crippen molar-refractivity contribution >= 4 is 0 Å². The molecule has 0 N–H and O–H groups in total. The first kappa shape index (κ1) is 12.1. The van der Waals surface area contributed by atoms with Crippen molar-refractivity contribution in [1.29, 1.82) is 0 Å². The third-order valence-corrected chi connectivity index (χ3v) is 3.94. The van der Waals surface area contributed by atoms with Crippen LogP contribution in [0, 0.1) is 23.2 Å². The smallest absolute Gasteiger partial charge is 0.0349 e. The Hall–Kier alpha value is 0. The van der Waals surface area contributed by atoms with Crippen molar-refractivity contribution in [3.63, 3.8) is 0 Å². The maximum absolute atomic E-state index is 2.47. The molecule has 0 aromatic carbocycles. The first-order chi connectivity index (χ1) is 6.44. The lowest BCUT2D eigenvalue weighted by atomic mass is 9.78. The quantitative estimate of drug-likeness (QED) is 0.552. The van der Waals surface area contributed by atoms with Crippen LogP contribution in [0.2, 0.25) is 0 Å². The average Bonchev–Trinajstić information content (AvgIpc) is 2.08. The first-order valence-corrected chi connectivity index (χ1v) is 6.44. The standard InChI is InChI=1S/C14H28/c1-6-7-13-8-11(2)9-14(4,5)10-12(13)3/h11-13H,6-10H2,1-5H3. The van der Waals surface area contributed by atoms with Crippen LogP contribution in [0.5, 0.6) is 0 Å². The van der Waals surface area contributed by atoms with Crippen LogP contribution in [0.1, 0.15) is 66.7 Å². The Balaban J connectivity index is 2.64. The van der Waals surface area contributed by atoms with Gasteiger partial charge in [-0.2, -0.15) is 0 Å². The van der Waals surface area contributed by atoms with Gasteiger partial charge >= 0.3 is 0 Å². The molecule has 0 bridgehead atoms. The van der Waals surface area contributed by atoms with E-state index >= 15 is 0 Å². The van der Waals surface area contributed by atoms with Gasteiger partial charge in [-0.05, 0) is 42.4 Å². The predicted molar refractivity (Wildman–Crippen MR) is 64.4 cm³/mol. The zero-order valence-electron chi connectivity index (χ0n) is 10.8. The molecule has 0 saturated heterocycles. The largest absolute Gasteiger partial charge is 0.0654 e. The third kappa shape index (κ3) is 3.29. The van der Waals surface area contributed by atoms with Crippen molar-refractivity contribution in [1.82, 2.24) is 0 Å². The van der Waals surface area contributed by atoms with E-state index in [1.807, 2.05) is 0 Å². The Bertz CT molecular complexity index is 169. The minimum Gasteiger partial charge on any atom is -0.0654 e. The molecule has 1 saturated carbocycles. The molecule has 1 aliphatic carbocycles. The molecule has 3 atom stereocenters. The highest BCUT2D eigenvalue weighted by atomic mass is 14.4. The molecule has 0 spiro atoms. The van der Waals surface area contributed by atoms with E-state index in [9.17, 15) is 0 Å². The van der Waals surface area contributed by atoms with Gasteiger partial charge in [-0.1, -0.05) is 47.5 Å². The van der Waals surface area contributed by atoms with Gasteiger partial charge in [-0.15, -0.1) is 0 Å². The van der Waals surface area contributed by atoms with Gasteiger partial charge < -0.3 is 0 Å². The highest BCUT2D eigenvalue weighted by Gasteiger charge is 2.32. The predicted octanol–water partition coefficient (Wildman–Crippen LogP) is 4.89. The van der Waals surface area contributed by atoms with Crippen LogP contribution < -0.4 is 0 Å². The SMILES string of the molecule is CCCC1CC(C)CC(C)(C)CC1C. The van der Waals surface area contributed by atoms with Gasteiger partial charge in [-0.25, -0.2) is 0 Å². The minimum absolute atomic E-state index is 0.585. The molecule has 3 unspecified atom stereocenters. The molecule has 0 aromatic rings. The Morgan fingerprint density at radius 2 is 1.79 bits per heavy atom. The summed E-state index contributed by atoms with van der Waals surface area (Å²) >= 11 is 0. The van der Waals surface area contributed by atoms with Gasteiger partial charge in [0.05, 0.1) is 0 Å². The summed E-state index contributed by atoms with van der Waals surface area (Å²) in [6, 6.07) is 0. The number of hydrogen-bond donors (Lipinski definition) is 0. The van der Waals surface area contributed by atoms with Crippen molar-refractivity contribution in [3.8, 4) is 0 Å². The van der Waals surface area contributed by atoms with Gasteiger partial charge in [0.25, 0.3) is 0 Å². The van der Waals surface area contributed by atoms with Crippen molar-refractivity contribution in [2.45, 2.75) is 66.7 Å². The molecule has 0 heterocycles. The van der Waals surface area contributed by atoms with Gasteiger partial charge in [0, 0.05) is 0 Å². The molecule has 0 radical (unpaired) electrons. The fourth-order valence-corrected chi connectivity index (χ4v) is 3.67. The summed E-state index contributed by atoms with van der Waals surface area (Å²) in [5, 5.41) is 0. The topological polar surface area (TPSA) is 0 Å². The summed E-state index contributed by atoms with van der Waals surface area (Å²) in [5.74, 6) is 2.87. The summed E-state index contributed by atoms with van der Waals surface area (Å²) in [6.45, 7) is 12.2. The minimum atomic E-state index is 0.585. The van der Waals surface area contributed by atoms with E-state index in [-0.39, 0.29) is 0 Å². The van der Waals surface area contributed by atoms with Crippen molar-refractivity contribution in [3.05, 3.63) is 0 Å². The van der Waals surface area contributed by atoms with E-state index in [2.05, 4.69) is 34.6 Å². The normalized spacial score (nSPS) is 37.9. The molecular formula is C14H28. The lowest BCUT2D eigenvalue weighted by Gasteiger charge is -2.27. The fraction of sp³-hybridized carbons (Fsp3) is 1.00. The molecule has 0 amide bonds. The maximum Gasteiger partial charge on any atom is -0.0349 e. The summed E-state index contributed by atoms with van der Waals surface area (Å²) in [6.07, 6.45) is 7.14. The van der Waals surface area contributed by atoms with Gasteiger partial charge in [0.1, 0.15) is 0 Å². The van der Waals surface area contributed by atoms with Crippen molar-refractivity contribution in [2.75, 3.05) is 0 Å². The molecule has 0 aromatic heterocycles. The van der Waals surface area contributed by atoms with Gasteiger partial charge in [0.15, 0.2) is 0 Å². The highest BCUT2D eigenvalue weighted by Crippen LogP contribution is 2.43. The van der Waals surface area contributed by atoms with E-state index < -0.39 is 0 Å². The molecule has 1 aliphatic rings. The summed E-state index contributed by atoms with van der Waals surface area (Å²) in [5.41, 5.74) is 0.585. The Kier molecular flexibility index (Phi) is 4.04. The average molecular weight is 196 g/mol. The number of rotatable bonds is 2. The van der Waals surface area contributed by atoms with E-state index in [0.29, 0.717) is 5.41 Å². The van der Waals surface area contributed by atoms with Crippen LogP contribution in [-0.4, -0.2) is 0 Å². The van der Waals surface area contributed by atoms with Crippen LogP contribution in [0.15, 0.2) is 0 Å². The van der Waals surface area contributed by atoms with Crippen LogP contribution >= 0.6 is 0 Å². The Morgan fingerprint density at radius 1 is 1.14 bits per heavy atom. The maximum atomic E-state index is 2.47. The van der Waals surface area contributed by atoms with Gasteiger partial charge in [-0.3, -0.25) is 0 Å². The van der Waals surface area contributed by atoms with E-state index in [1.54, 1.807) is 0 Å². The zero-order chi connectivity index (χ0) is 10.8. The lowest BCUT2D eigenvalue weighted by molar-refractivity contribution is 0.236. The molecule has 14 heavy (non-hydrogen) atoms. The van der Waals surface area contributed by atoms with Crippen molar-refractivity contribution in [2.24, 2.45) is 23.2 Å². The first-order valence-electron chi connectivity index (χ1n) is 6.44. The summed E-state index contributed by atoms with van der Waals surface area (Å²) in [7, 11) is 0. The molecule has 0 heteroatoms. The fourth-order valence-electron chi connectivity index (χ4n) is 3.67. The third-order valence-electron chi connectivity index (χ3n) is 3.94. The van der Waals surface area contributed by atoms with Crippen LogP contribution in [0.25, 0.3) is 0 Å².